The SMILES string of the molecule is O=C(OCc1ccccc1CN1CCOCC1)c1ccc([N+](=O)[O-])cc1Cl. The van der Waals surface area contributed by atoms with Crippen LogP contribution >= 0.6 is 11.6 Å². The van der Waals surface area contributed by atoms with Crippen molar-refractivity contribution in [3.8, 4) is 0 Å². The van der Waals surface area contributed by atoms with Crippen molar-refractivity contribution in [1.82, 2.24) is 4.90 Å². The van der Waals surface area contributed by atoms with Gasteiger partial charge in [0.25, 0.3) is 5.69 Å². The summed E-state index contributed by atoms with van der Waals surface area (Å²) in [6, 6.07) is 11.5. The molecule has 142 valence electrons. The molecule has 7 nitrogen and oxygen atoms in total. The predicted octanol–water partition coefficient (Wildman–Crippen LogP) is 3.44. The first-order valence-corrected chi connectivity index (χ1v) is 8.90. The summed E-state index contributed by atoms with van der Waals surface area (Å²) >= 11 is 5.99. The molecule has 1 saturated heterocycles. The summed E-state index contributed by atoms with van der Waals surface area (Å²) < 4.78 is 10.8. The fourth-order valence-corrected chi connectivity index (χ4v) is 3.11. The first-order chi connectivity index (χ1) is 13.0. The molecule has 0 aliphatic carbocycles. The standard InChI is InChI=1S/C19H19ClN2O5/c20-18-11-16(22(24)25)5-6-17(18)19(23)27-13-15-4-2-1-3-14(15)12-21-7-9-26-10-8-21/h1-6,11H,7-10,12-13H2. The Labute approximate surface area is 161 Å². The number of morpholine rings is 1. The quantitative estimate of drug-likeness (QED) is 0.427. The zero-order chi connectivity index (χ0) is 19.2. The number of benzene rings is 2. The van der Waals surface area contributed by atoms with Crippen LogP contribution in [0.25, 0.3) is 0 Å². The molecule has 0 aromatic heterocycles. The van der Waals surface area contributed by atoms with Crippen molar-refractivity contribution in [3.05, 3.63) is 74.3 Å². The van der Waals surface area contributed by atoms with Gasteiger partial charge in [0.2, 0.25) is 0 Å². The Hall–Kier alpha value is -2.48. The molecular formula is C19H19ClN2O5. The van der Waals surface area contributed by atoms with E-state index in [1.54, 1.807) is 0 Å². The van der Waals surface area contributed by atoms with E-state index in [1.807, 2.05) is 24.3 Å². The minimum Gasteiger partial charge on any atom is -0.457 e. The summed E-state index contributed by atoms with van der Waals surface area (Å²) in [7, 11) is 0. The minimum atomic E-state index is -0.615. The third-order valence-electron chi connectivity index (χ3n) is 4.36. The van der Waals surface area contributed by atoms with Crippen LogP contribution in [-0.2, 0) is 22.6 Å². The monoisotopic (exact) mass is 390 g/mol. The third-order valence-corrected chi connectivity index (χ3v) is 4.67. The van der Waals surface area contributed by atoms with Gasteiger partial charge in [-0.3, -0.25) is 15.0 Å². The fraction of sp³-hybridized carbons (Fsp3) is 0.316. The van der Waals surface area contributed by atoms with E-state index >= 15 is 0 Å². The molecular weight excluding hydrogens is 372 g/mol. The number of carbonyl (C=O) groups excluding carboxylic acids is 1. The first-order valence-electron chi connectivity index (χ1n) is 8.52. The molecule has 0 saturated carbocycles. The molecule has 1 heterocycles. The number of halogens is 1. The molecule has 0 N–H and O–H groups in total. The lowest BCUT2D eigenvalue weighted by molar-refractivity contribution is -0.384. The van der Waals surface area contributed by atoms with Crippen molar-refractivity contribution in [2.45, 2.75) is 13.2 Å². The molecule has 3 rings (SSSR count). The Morgan fingerprint density at radius 1 is 1.19 bits per heavy atom. The van der Waals surface area contributed by atoms with Gasteiger partial charge in [-0.25, -0.2) is 4.79 Å². The van der Waals surface area contributed by atoms with Gasteiger partial charge in [-0.2, -0.15) is 0 Å². The Morgan fingerprint density at radius 3 is 2.56 bits per heavy atom. The lowest BCUT2D eigenvalue weighted by Crippen LogP contribution is -2.35. The number of non-ortho nitro benzene ring substituents is 1. The molecule has 0 radical (unpaired) electrons. The predicted molar refractivity (Wildman–Crippen MR) is 99.8 cm³/mol. The number of ether oxygens (including phenoxy) is 2. The zero-order valence-corrected chi connectivity index (χ0v) is 15.4. The Balaban J connectivity index is 1.66. The minimum absolute atomic E-state index is 0.00389. The van der Waals surface area contributed by atoms with Gasteiger partial charge in [0.15, 0.2) is 0 Å². The van der Waals surface area contributed by atoms with Crippen LogP contribution in [0.15, 0.2) is 42.5 Å². The number of nitrogens with zero attached hydrogens (tertiary/aromatic N) is 2. The maximum absolute atomic E-state index is 12.3. The smallest absolute Gasteiger partial charge is 0.339 e. The molecule has 1 fully saturated rings. The highest BCUT2D eigenvalue weighted by Gasteiger charge is 2.17. The molecule has 2 aromatic rings. The van der Waals surface area contributed by atoms with Crippen molar-refractivity contribution in [3.63, 3.8) is 0 Å². The maximum Gasteiger partial charge on any atom is 0.339 e. The van der Waals surface area contributed by atoms with Crippen LogP contribution in [-0.4, -0.2) is 42.1 Å². The molecule has 0 bridgehead atoms. The third kappa shape index (κ3) is 5.03. The van der Waals surface area contributed by atoms with Crippen LogP contribution in [0.2, 0.25) is 5.02 Å². The van der Waals surface area contributed by atoms with E-state index in [2.05, 4.69) is 4.90 Å². The van der Waals surface area contributed by atoms with E-state index in [-0.39, 0.29) is 22.9 Å². The molecule has 1 aliphatic heterocycles. The highest BCUT2D eigenvalue weighted by Crippen LogP contribution is 2.24. The Kier molecular flexibility index (Phi) is 6.39. The van der Waals surface area contributed by atoms with Gasteiger partial charge in [0.05, 0.1) is 28.7 Å². The lowest BCUT2D eigenvalue weighted by Gasteiger charge is -2.27. The van der Waals surface area contributed by atoms with Gasteiger partial charge >= 0.3 is 5.97 Å². The fourth-order valence-electron chi connectivity index (χ4n) is 2.86. The van der Waals surface area contributed by atoms with E-state index in [0.717, 1.165) is 50.0 Å². The summed E-state index contributed by atoms with van der Waals surface area (Å²) in [4.78, 5) is 24.8. The van der Waals surface area contributed by atoms with Gasteiger partial charge in [-0.15, -0.1) is 0 Å². The molecule has 27 heavy (non-hydrogen) atoms. The van der Waals surface area contributed by atoms with Crippen LogP contribution in [0.5, 0.6) is 0 Å². The summed E-state index contributed by atoms with van der Waals surface area (Å²) in [5.41, 5.74) is 1.93. The van der Waals surface area contributed by atoms with Crippen LogP contribution in [0.1, 0.15) is 21.5 Å². The number of nitro benzene ring substituents is 1. The normalized spacial score (nSPS) is 14.7. The first kappa shape index (κ1) is 19.3. The maximum atomic E-state index is 12.3. The Bertz CT molecular complexity index is 837. The van der Waals surface area contributed by atoms with Crippen LogP contribution < -0.4 is 0 Å². The van der Waals surface area contributed by atoms with E-state index in [9.17, 15) is 14.9 Å². The van der Waals surface area contributed by atoms with Gasteiger partial charge < -0.3 is 9.47 Å². The van der Waals surface area contributed by atoms with Gasteiger partial charge in [-0.05, 0) is 17.2 Å². The highest BCUT2D eigenvalue weighted by molar-refractivity contribution is 6.33. The topological polar surface area (TPSA) is 81.9 Å². The summed E-state index contributed by atoms with van der Waals surface area (Å²) in [6.07, 6.45) is 0. The molecule has 0 amide bonds. The average Bonchev–Trinajstić information content (AvgIpc) is 2.67. The summed E-state index contributed by atoms with van der Waals surface area (Å²) in [6.45, 7) is 4.03. The molecule has 2 aromatic carbocycles. The zero-order valence-electron chi connectivity index (χ0n) is 14.6. The van der Waals surface area contributed by atoms with Crippen molar-refractivity contribution in [2.75, 3.05) is 26.3 Å². The van der Waals surface area contributed by atoms with Crippen molar-refractivity contribution in [2.24, 2.45) is 0 Å². The van der Waals surface area contributed by atoms with Gasteiger partial charge in [-0.1, -0.05) is 35.9 Å². The molecule has 0 atom stereocenters. The van der Waals surface area contributed by atoms with Crippen LogP contribution in [0.4, 0.5) is 5.69 Å². The number of hydrogen-bond donors (Lipinski definition) is 0. The van der Waals surface area contributed by atoms with Crippen molar-refractivity contribution < 1.29 is 19.2 Å². The Morgan fingerprint density at radius 2 is 1.89 bits per heavy atom. The highest BCUT2D eigenvalue weighted by atomic mass is 35.5. The van der Waals surface area contributed by atoms with Crippen LogP contribution in [0.3, 0.4) is 0 Å². The van der Waals surface area contributed by atoms with E-state index in [4.69, 9.17) is 21.1 Å². The van der Waals surface area contributed by atoms with Crippen molar-refractivity contribution in [1.29, 1.82) is 0 Å². The lowest BCUT2D eigenvalue weighted by atomic mass is 10.1. The number of rotatable bonds is 6. The average molecular weight is 391 g/mol. The summed E-state index contributed by atoms with van der Waals surface area (Å²) in [5, 5.41) is 10.8. The second-order valence-electron chi connectivity index (χ2n) is 6.15. The second kappa shape index (κ2) is 8.94. The molecule has 0 spiro atoms. The molecule has 8 heteroatoms. The number of carbonyl (C=O) groups is 1. The largest absolute Gasteiger partial charge is 0.457 e. The second-order valence-corrected chi connectivity index (χ2v) is 6.56. The van der Waals surface area contributed by atoms with Gasteiger partial charge in [0.1, 0.15) is 6.61 Å². The molecule has 1 aliphatic rings. The van der Waals surface area contributed by atoms with E-state index in [0.29, 0.717) is 0 Å². The van der Waals surface area contributed by atoms with Gasteiger partial charge in [0, 0.05) is 31.8 Å². The van der Waals surface area contributed by atoms with E-state index < -0.39 is 10.9 Å². The molecule has 0 unspecified atom stereocenters. The number of esters is 1. The van der Waals surface area contributed by atoms with Crippen molar-refractivity contribution >= 4 is 23.3 Å². The van der Waals surface area contributed by atoms with E-state index in [1.165, 1.54) is 12.1 Å². The number of nitro groups is 1. The van der Waals surface area contributed by atoms with Crippen LogP contribution in [0, 0.1) is 10.1 Å². The summed E-state index contributed by atoms with van der Waals surface area (Å²) in [5.74, 6) is -0.615. The number of hydrogen-bond acceptors (Lipinski definition) is 6.